The van der Waals surface area contributed by atoms with E-state index in [0.717, 1.165) is 22.9 Å². The van der Waals surface area contributed by atoms with E-state index in [1.807, 2.05) is 45.9 Å². The number of aryl methyl sites for hydroxylation is 1. The first-order chi connectivity index (χ1) is 10.7. The van der Waals surface area contributed by atoms with Crippen LogP contribution >= 0.6 is 0 Å². The number of rotatable bonds is 8. The fraction of sp³-hybridized carbons (Fsp3) is 0.529. The number of nitrogens with one attached hydrogen (secondary N) is 1. The van der Waals surface area contributed by atoms with Gasteiger partial charge in [0.25, 0.3) is 7.41 Å². The molecule has 23 heavy (non-hydrogen) atoms. The average molecular weight is 319 g/mol. The molecule has 0 amide bonds. The molecule has 0 aliphatic heterocycles. The Morgan fingerprint density at radius 2 is 2.13 bits per heavy atom. The Bertz CT molecular complexity index is 540. The van der Waals surface area contributed by atoms with Crippen LogP contribution in [0.25, 0.3) is 0 Å². The van der Waals surface area contributed by atoms with Gasteiger partial charge in [0.05, 0.1) is 19.2 Å². The number of carbonyl (C=O) groups is 2. The van der Waals surface area contributed by atoms with E-state index in [1.54, 1.807) is 0 Å². The first-order valence-electron chi connectivity index (χ1n) is 7.83. The molecule has 0 bridgehead atoms. The van der Waals surface area contributed by atoms with Gasteiger partial charge >= 0.3 is 5.97 Å². The smallest absolute Gasteiger partial charge is 0.307 e. The van der Waals surface area contributed by atoms with Crippen molar-refractivity contribution in [1.82, 2.24) is 5.23 Å². The third kappa shape index (κ3) is 7.44. The largest absolute Gasteiger partial charge is 0.460 e. The number of benzene rings is 1. The van der Waals surface area contributed by atoms with Crippen molar-refractivity contribution in [3.8, 4) is 0 Å². The Kier molecular flexibility index (Phi) is 7.45. The minimum Gasteiger partial charge on any atom is -0.460 e. The molecule has 0 aliphatic carbocycles. The number of aliphatic hydroxyl groups is 1. The lowest BCUT2D eigenvalue weighted by Crippen LogP contribution is -2.38. The lowest BCUT2D eigenvalue weighted by molar-refractivity contribution is -0.155. The van der Waals surface area contributed by atoms with Crippen LogP contribution < -0.4 is 5.23 Å². The fourth-order valence-electron chi connectivity index (χ4n) is 2.32. The lowest BCUT2D eigenvalue weighted by atomic mass is 9.91. The maximum Gasteiger partial charge on any atom is 0.307 e. The van der Waals surface area contributed by atoms with Crippen molar-refractivity contribution in [2.75, 3.05) is 0 Å². The molecule has 0 saturated heterocycles. The fourth-order valence-corrected chi connectivity index (χ4v) is 2.32. The summed E-state index contributed by atoms with van der Waals surface area (Å²) in [5.74, 6) is -0.295. The Hall–Kier alpha value is -1.66. The topological polar surface area (TPSA) is 75.6 Å². The van der Waals surface area contributed by atoms with E-state index in [0.29, 0.717) is 6.42 Å². The van der Waals surface area contributed by atoms with Crippen LogP contribution in [0.5, 0.6) is 0 Å². The number of carbonyl (C=O) groups excluding carboxylic acids is 2. The van der Waals surface area contributed by atoms with Gasteiger partial charge in [-0.05, 0) is 50.8 Å². The number of ether oxygens (including phenoxy) is 1. The Balaban J connectivity index is 2.81. The van der Waals surface area contributed by atoms with Crippen molar-refractivity contribution >= 4 is 19.6 Å². The normalized spacial score (nSPS) is 12.6. The standard InChI is InChI=1S/C17H26BNO4/c1-12-5-6-13(10-20)7-14(12)8-15(19-18-11-21)9-16(22)23-17(2,3)4/h5-7,11,15,18-20H,8-10H2,1-4H3/t15-/m0/s1. The summed E-state index contributed by atoms with van der Waals surface area (Å²) < 4.78 is 5.35. The van der Waals surface area contributed by atoms with Gasteiger partial charge in [0.2, 0.25) is 0 Å². The number of aliphatic hydroxyl groups excluding tert-OH is 1. The molecule has 0 spiro atoms. The molecule has 0 saturated carbocycles. The van der Waals surface area contributed by atoms with E-state index >= 15 is 0 Å². The van der Waals surface area contributed by atoms with Gasteiger partial charge in [0, 0.05) is 6.04 Å². The Labute approximate surface area is 138 Å². The Morgan fingerprint density at radius 3 is 2.70 bits per heavy atom. The van der Waals surface area contributed by atoms with Gasteiger partial charge in [-0.2, -0.15) is 0 Å². The highest BCUT2D eigenvalue weighted by atomic mass is 16.6. The second-order valence-corrected chi connectivity index (χ2v) is 6.69. The molecule has 0 aliphatic rings. The van der Waals surface area contributed by atoms with Gasteiger partial charge in [-0.1, -0.05) is 18.2 Å². The van der Waals surface area contributed by atoms with E-state index in [4.69, 9.17) is 4.74 Å². The van der Waals surface area contributed by atoms with Gasteiger partial charge in [0.15, 0.2) is 0 Å². The second kappa shape index (κ2) is 8.84. The van der Waals surface area contributed by atoms with Crippen molar-refractivity contribution in [1.29, 1.82) is 0 Å². The predicted octanol–water partition coefficient (Wildman–Crippen LogP) is 1.26. The molecular formula is C17H26BNO4. The maximum absolute atomic E-state index is 12.0. The molecule has 1 rings (SSSR count). The summed E-state index contributed by atoms with van der Waals surface area (Å²) in [7, 11) is 0.187. The molecule has 1 aromatic rings. The molecule has 0 fully saturated rings. The SMILES string of the molecule is Cc1ccc(CO)cc1C[C@@H](CC(=O)OC(C)(C)C)NBC=O. The van der Waals surface area contributed by atoms with Gasteiger partial charge in [-0.25, -0.2) is 0 Å². The van der Waals surface area contributed by atoms with E-state index in [1.165, 1.54) is 0 Å². The quantitative estimate of drug-likeness (QED) is 0.429. The average Bonchev–Trinajstić information content (AvgIpc) is 2.45. The minimum absolute atomic E-state index is 0.0220. The summed E-state index contributed by atoms with van der Waals surface area (Å²) in [5, 5.41) is 12.3. The summed E-state index contributed by atoms with van der Waals surface area (Å²) >= 11 is 0. The van der Waals surface area contributed by atoms with Crippen LogP contribution in [0.4, 0.5) is 0 Å². The van der Waals surface area contributed by atoms with E-state index < -0.39 is 5.60 Å². The zero-order valence-corrected chi connectivity index (χ0v) is 14.4. The number of hydrogen-bond acceptors (Lipinski definition) is 5. The Morgan fingerprint density at radius 1 is 1.43 bits per heavy atom. The molecule has 2 N–H and O–H groups in total. The van der Waals surface area contributed by atoms with Crippen molar-refractivity contribution in [3.63, 3.8) is 0 Å². The molecule has 126 valence electrons. The minimum atomic E-state index is -0.529. The first-order valence-corrected chi connectivity index (χ1v) is 7.83. The molecule has 5 nitrogen and oxygen atoms in total. The van der Waals surface area contributed by atoms with Crippen molar-refractivity contribution in [2.45, 2.75) is 58.8 Å². The summed E-state index contributed by atoms with van der Waals surface area (Å²) in [5.41, 5.74) is 2.43. The zero-order chi connectivity index (χ0) is 17.5. The van der Waals surface area contributed by atoms with Crippen LogP contribution in [0.15, 0.2) is 18.2 Å². The molecular weight excluding hydrogens is 293 g/mol. The van der Waals surface area contributed by atoms with Crippen LogP contribution in [-0.2, 0) is 27.4 Å². The molecule has 1 atom stereocenters. The van der Waals surface area contributed by atoms with Gasteiger partial charge in [-0.3, -0.25) is 4.79 Å². The first kappa shape index (κ1) is 19.4. The number of esters is 1. The summed E-state index contributed by atoms with van der Waals surface area (Å²) in [6.45, 7) is 7.45. The monoisotopic (exact) mass is 319 g/mol. The number of hydrogen-bond donors (Lipinski definition) is 2. The van der Waals surface area contributed by atoms with Crippen molar-refractivity contribution in [3.05, 3.63) is 34.9 Å². The zero-order valence-electron chi connectivity index (χ0n) is 14.4. The van der Waals surface area contributed by atoms with Crippen molar-refractivity contribution in [2.24, 2.45) is 0 Å². The van der Waals surface area contributed by atoms with Crippen LogP contribution in [0.1, 0.15) is 43.9 Å². The van der Waals surface area contributed by atoms with Crippen molar-refractivity contribution < 1.29 is 19.4 Å². The molecule has 0 aromatic heterocycles. The van der Waals surface area contributed by atoms with Crippen LogP contribution in [-0.4, -0.2) is 36.3 Å². The summed E-state index contributed by atoms with van der Waals surface area (Å²) in [6.07, 6.45) is 1.56. The third-order valence-electron chi connectivity index (χ3n) is 3.39. The van der Waals surface area contributed by atoms with Gasteiger partial charge in [0.1, 0.15) is 5.60 Å². The van der Waals surface area contributed by atoms with Gasteiger partial charge in [-0.15, -0.1) is 0 Å². The highest BCUT2D eigenvalue weighted by Crippen LogP contribution is 2.16. The molecule has 1 aromatic carbocycles. The second-order valence-electron chi connectivity index (χ2n) is 6.69. The third-order valence-corrected chi connectivity index (χ3v) is 3.39. The molecule has 0 unspecified atom stereocenters. The van der Waals surface area contributed by atoms with E-state index in [9.17, 15) is 14.7 Å². The summed E-state index contributed by atoms with van der Waals surface area (Å²) in [6, 6.07) is 5.56. The highest BCUT2D eigenvalue weighted by molar-refractivity contribution is 6.64. The maximum atomic E-state index is 12.0. The summed E-state index contributed by atoms with van der Waals surface area (Å²) in [4.78, 5) is 22.7. The lowest BCUT2D eigenvalue weighted by Gasteiger charge is -2.23. The molecule has 0 heterocycles. The van der Waals surface area contributed by atoms with Gasteiger partial charge < -0.3 is 19.9 Å². The van der Waals surface area contributed by atoms with Crippen LogP contribution in [0.2, 0.25) is 0 Å². The predicted molar refractivity (Wildman–Crippen MR) is 92.1 cm³/mol. The van der Waals surface area contributed by atoms with Crippen LogP contribution in [0.3, 0.4) is 0 Å². The van der Waals surface area contributed by atoms with E-state index in [-0.39, 0.29) is 32.5 Å². The highest BCUT2D eigenvalue weighted by Gasteiger charge is 2.21. The van der Waals surface area contributed by atoms with E-state index in [2.05, 4.69) is 5.23 Å². The van der Waals surface area contributed by atoms with Crippen LogP contribution in [0, 0.1) is 6.92 Å². The molecule has 0 radical (unpaired) electrons. The molecule has 6 heteroatoms.